The van der Waals surface area contributed by atoms with Crippen LogP contribution in [0.15, 0.2) is 42.5 Å². The summed E-state index contributed by atoms with van der Waals surface area (Å²) in [5.41, 5.74) is 3.31. The van der Waals surface area contributed by atoms with Crippen LogP contribution < -0.4 is 14.4 Å². The number of nitrogens with zero attached hydrogens (tertiary/aromatic N) is 2. The van der Waals surface area contributed by atoms with E-state index < -0.39 is 0 Å². The Balaban J connectivity index is 1.66. The van der Waals surface area contributed by atoms with Gasteiger partial charge in [-0.05, 0) is 36.8 Å². The number of benzene rings is 2. The van der Waals surface area contributed by atoms with E-state index in [2.05, 4.69) is 17.9 Å². The van der Waals surface area contributed by atoms with Crippen LogP contribution in [-0.2, 0) is 11.3 Å². The molecule has 2 aromatic carbocycles. The fraction of sp³-hybridized carbons (Fsp3) is 0.381. The molecule has 0 radical (unpaired) electrons. The van der Waals surface area contributed by atoms with Crippen molar-refractivity contribution in [2.45, 2.75) is 13.5 Å². The molecule has 6 heteroatoms. The number of methoxy groups -OCH3 is 2. The average molecular weight is 370 g/mol. The lowest BCUT2D eigenvalue weighted by Gasteiger charge is -2.36. The van der Waals surface area contributed by atoms with E-state index in [-0.39, 0.29) is 6.09 Å². The van der Waals surface area contributed by atoms with Gasteiger partial charge in [-0.15, -0.1) is 0 Å². The molecule has 3 rings (SSSR count). The minimum atomic E-state index is -0.262. The highest BCUT2D eigenvalue weighted by molar-refractivity contribution is 5.68. The molecular formula is C21H26N2O4. The highest BCUT2D eigenvalue weighted by Crippen LogP contribution is 2.30. The van der Waals surface area contributed by atoms with Crippen LogP contribution in [0.4, 0.5) is 10.5 Å². The molecule has 0 N–H and O–H groups in total. The van der Waals surface area contributed by atoms with Gasteiger partial charge in [0.25, 0.3) is 0 Å². The molecule has 0 unspecified atom stereocenters. The number of hydrogen-bond acceptors (Lipinski definition) is 5. The van der Waals surface area contributed by atoms with Crippen LogP contribution in [0.2, 0.25) is 0 Å². The molecule has 27 heavy (non-hydrogen) atoms. The first-order valence-electron chi connectivity index (χ1n) is 9.05. The molecule has 1 heterocycles. The van der Waals surface area contributed by atoms with Gasteiger partial charge in [0, 0.05) is 37.4 Å². The Hall–Kier alpha value is -2.89. The largest absolute Gasteiger partial charge is 0.497 e. The smallest absolute Gasteiger partial charge is 0.409 e. The van der Waals surface area contributed by atoms with Crippen molar-refractivity contribution in [1.29, 1.82) is 0 Å². The molecule has 0 aromatic heterocycles. The lowest BCUT2D eigenvalue weighted by molar-refractivity contribution is 0.121. The lowest BCUT2D eigenvalue weighted by atomic mass is 10.1. The third-order valence-corrected chi connectivity index (χ3v) is 4.84. The van der Waals surface area contributed by atoms with E-state index in [1.165, 1.54) is 7.11 Å². The van der Waals surface area contributed by atoms with E-state index in [0.717, 1.165) is 41.4 Å². The number of ether oxygens (including phenoxy) is 3. The van der Waals surface area contributed by atoms with E-state index in [0.29, 0.717) is 19.7 Å². The van der Waals surface area contributed by atoms with E-state index in [1.54, 1.807) is 12.0 Å². The van der Waals surface area contributed by atoms with Gasteiger partial charge in [0.15, 0.2) is 0 Å². The van der Waals surface area contributed by atoms with Crippen LogP contribution >= 0.6 is 0 Å². The fourth-order valence-corrected chi connectivity index (χ4v) is 3.28. The Morgan fingerprint density at radius 1 is 1.04 bits per heavy atom. The molecule has 1 aliphatic rings. The first-order chi connectivity index (χ1) is 13.1. The Bertz CT molecular complexity index is 786. The fourth-order valence-electron chi connectivity index (χ4n) is 3.28. The Labute approximate surface area is 160 Å². The summed E-state index contributed by atoms with van der Waals surface area (Å²) in [6, 6.07) is 14.0. The predicted octanol–water partition coefficient (Wildman–Crippen LogP) is 3.47. The zero-order chi connectivity index (χ0) is 19.2. The second-order valence-corrected chi connectivity index (χ2v) is 6.48. The summed E-state index contributed by atoms with van der Waals surface area (Å²) in [4.78, 5) is 15.7. The lowest BCUT2D eigenvalue weighted by Crippen LogP contribution is -2.48. The normalized spacial score (nSPS) is 14.0. The number of amides is 1. The summed E-state index contributed by atoms with van der Waals surface area (Å²) in [5, 5.41) is 0. The zero-order valence-electron chi connectivity index (χ0n) is 16.1. The van der Waals surface area contributed by atoms with Gasteiger partial charge in [-0.25, -0.2) is 4.79 Å². The Kier molecular flexibility index (Phi) is 6.06. The highest BCUT2D eigenvalue weighted by atomic mass is 16.5. The van der Waals surface area contributed by atoms with Gasteiger partial charge >= 0.3 is 6.09 Å². The first-order valence-corrected chi connectivity index (χ1v) is 9.05. The molecule has 6 nitrogen and oxygen atoms in total. The van der Waals surface area contributed by atoms with Crippen molar-refractivity contribution < 1.29 is 19.0 Å². The minimum absolute atomic E-state index is 0.262. The van der Waals surface area contributed by atoms with Gasteiger partial charge in [-0.2, -0.15) is 0 Å². The maximum atomic E-state index is 11.7. The van der Waals surface area contributed by atoms with Crippen molar-refractivity contribution in [1.82, 2.24) is 4.90 Å². The van der Waals surface area contributed by atoms with Crippen LogP contribution in [0.5, 0.6) is 11.5 Å². The van der Waals surface area contributed by atoms with E-state index in [1.807, 2.05) is 36.4 Å². The molecule has 1 aliphatic heterocycles. The standard InChI is InChI=1S/C21H26N2O4/c1-16-19(22-10-12-23(13-11-22)21(24)26-3)8-5-9-20(16)27-15-17-6-4-7-18(14-17)25-2/h4-9,14H,10-13,15H2,1-3H3. The molecule has 0 bridgehead atoms. The molecule has 1 amide bonds. The van der Waals surface area contributed by atoms with Crippen LogP contribution in [0.3, 0.4) is 0 Å². The molecule has 1 saturated heterocycles. The van der Waals surface area contributed by atoms with Crippen molar-refractivity contribution in [3.8, 4) is 11.5 Å². The predicted molar refractivity (Wildman–Crippen MR) is 105 cm³/mol. The number of anilines is 1. The number of carbonyl (C=O) groups excluding carboxylic acids is 1. The van der Waals surface area contributed by atoms with Gasteiger partial charge in [-0.3, -0.25) is 0 Å². The molecule has 0 spiro atoms. The summed E-state index contributed by atoms with van der Waals surface area (Å²) in [6.07, 6.45) is -0.262. The Morgan fingerprint density at radius 2 is 1.78 bits per heavy atom. The van der Waals surface area contributed by atoms with Crippen molar-refractivity contribution in [3.63, 3.8) is 0 Å². The molecular weight excluding hydrogens is 344 g/mol. The second kappa shape index (κ2) is 8.66. The van der Waals surface area contributed by atoms with Gasteiger partial charge in [0.2, 0.25) is 0 Å². The molecule has 144 valence electrons. The Morgan fingerprint density at radius 3 is 2.48 bits per heavy atom. The molecule has 1 fully saturated rings. The molecule has 0 aliphatic carbocycles. The van der Waals surface area contributed by atoms with Gasteiger partial charge in [0.1, 0.15) is 18.1 Å². The van der Waals surface area contributed by atoms with Crippen LogP contribution in [-0.4, -0.2) is 51.4 Å². The van der Waals surface area contributed by atoms with E-state index in [4.69, 9.17) is 14.2 Å². The monoisotopic (exact) mass is 370 g/mol. The van der Waals surface area contributed by atoms with Crippen molar-refractivity contribution >= 4 is 11.8 Å². The summed E-state index contributed by atoms with van der Waals surface area (Å²) in [7, 11) is 3.08. The van der Waals surface area contributed by atoms with Crippen LogP contribution in [0.25, 0.3) is 0 Å². The van der Waals surface area contributed by atoms with E-state index >= 15 is 0 Å². The van der Waals surface area contributed by atoms with Crippen molar-refractivity contribution in [2.75, 3.05) is 45.3 Å². The maximum absolute atomic E-state index is 11.7. The van der Waals surface area contributed by atoms with Crippen LogP contribution in [0.1, 0.15) is 11.1 Å². The molecule has 0 atom stereocenters. The summed E-state index contributed by atoms with van der Waals surface area (Å²) in [6.45, 7) is 5.41. The number of hydrogen-bond donors (Lipinski definition) is 0. The highest BCUT2D eigenvalue weighted by Gasteiger charge is 2.23. The SMILES string of the molecule is COC(=O)N1CCN(c2cccc(OCc3cccc(OC)c3)c2C)CC1. The third kappa shape index (κ3) is 4.45. The quantitative estimate of drug-likeness (QED) is 0.807. The topological polar surface area (TPSA) is 51.2 Å². The minimum Gasteiger partial charge on any atom is -0.497 e. The summed E-state index contributed by atoms with van der Waals surface area (Å²) < 4.78 is 16.1. The second-order valence-electron chi connectivity index (χ2n) is 6.48. The number of piperazine rings is 1. The van der Waals surface area contributed by atoms with Crippen molar-refractivity contribution in [3.05, 3.63) is 53.6 Å². The molecule has 0 saturated carbocycles. The zero-order valence-corrected chi connectivity index (χ0v) is 16.1. The number of rotatable bonds is 5. The van der Waals surface area contributed by atoms with E-state index in [9.17, 15) is 4.79 Å². The van der Waals surface area contributed by atoms with Crippen molar-refractivity contribution in [2.24, 2.45) is 0 Å². The van der Waals surface area contributed by atoms with Gasteiger partial charge < -0.3 is 24.0 Å². The maximum Gasteiger partial charge on any atom is 0.409 e. The number of carbonyl (C=O) groups is 1. The van der Waals surface area contributed by atoms with Gasteiger partial charge in [-0.1, -0.05) is 18.2 Å². The molecule has 2 aromatic rings. The summed E-state index contributed by atoms with van der Waals surface area (Å²) in [5.74, 6) is 1.69. The third-order valence-electron chi connectivity index (χ3n) is 4.84. The average Bonchev–Trinajstić information content (AvgIpc) is 2.72. The first kappa shape index (κ1) is 18.9. The summed E-state index contributed by atoms with van der Waals surface area (Å²) >= 11 is 0. The van der Waals surface area contributed by atoms with Crippen LogP contribution in [0, 0.1) is 6.92 Å². The van der Waals surface area contributed by atoms with Gasteiger partial charge in [0.05, 0.1) is 14.2 Å².